The number of anilines is 1. The van der Waals surface area contributed by atoms with Crippen molar-refractivity contribution in [3.63, 3.8) is 0 Å². The van der Waals surface area contributed by atoms with Crippen LogP contribution in [0.2, 0.25) is 5.02 Å². The summed E-state index contributed by atoms with van der Waals surface area (Å²) in [6, 6.07) is 13.3. The summed E-state index contributed by atoms with van der Waals surface area (Å²) in [6.07, 6.45) is 0.646. The summed E-state index contributed by atoms with van der Waals surface area (Å²) in [5.41, 5.74) is 2.88. The third kappa shape index (κ3) is 3.03. The van der Waals surface area contributed by atoms with Crippen molar-refractivity contribution in [2.24, 2.45) is 5.92 Å². The van der Waals surface area contributed by atoms with E-state index in [0.29, 0.717) is 18.1 Å². The molecule has 1 amide bonds. The first-order chi connectivity index (χ1) is 10.1. The van der Waals surface area contributed by atoms with Crippen molar-refractivity contribution in [1.29, 1.82) is 0 Å². The van der Waals surface area contributed by atoms with E-state index in [-0.39, 0.29) is 11.8 Å². The minimum atomic E-state index is -0.199. The van der Waals surface area contributed by atoms with Crippen LogP contribution in [0.3, 0.4) is 0 Å². The molecule has 3 rings (SSSR count). The number of nitrogens with one attached hydrogen (secondary N) is 1. The normalized spacial score (nSPS) is 16.8. The number of fused-ring (bicyclic) bond motifs is 1. The number of carbonyl (C=O) groups excluding carboxylic acids is 1. The molecule has 108 valence electrons. The SMILES string of the molecule is Cc1ccccc1NC(=O)C1COc2ccc(Cl)cc2C1. The molecule has 0 fully saturated rings. The maximum absolute atomic E-state index is 12.4. The number of benzene rings is 2. The molecule has 0 spiro atoms. The fraction of sp³-hybridized carbons (Fsp3) is 0.235. The van der Waals surface area contributed by atoms with Crippen LogP contribution in [-0.2, 0) is 11.2 Å². The van der Waals surface area contributed by atoms with Gasteiger partial charge in [-0.2, -0.15) is 0 Å². The Bertz CT molecular complexity index is 684. The Labute approximate surface area is 128 Å². The molecule has 2 aromatic carbocycles. The van der Waals surface area contributed by atoms with Gasteiger partial charge in [-0.15, -0.1) is 0 Å². The second-order valence-electron chi connectivity index (χ2n) is 5.27. The summed E-state index contributed by atoms with van der Waals surface area (Å²) < 4.78 is 5.66. The van der Waals surface area contributed by atoms with Gasteiger partial charge >= 0.3 is 0 Å². The minimum Gasteiger partial charge on any atom is -0.492 e. The van der Waals surface area contributed by atoms with Crippen molar-refractivity contribution in [2.75, 3.05) is 11.9 Å². The average molecular weight is 302 g/mol. The highest BCUT2D eigenvalue weighted by molar-refractivity contribution is 6.30. The highest BCUT2D eigenvalue weighted by Crippen LogP contribution is 2.30. The van der Waals surface area contributed by atoms with E-state index in [4.69, 9.17) is 16.3 Å². The molecule has 1 aliphatic heterocycles. The molecule has 2 aromatic rings. The summed E-state index contributed by atoms with van der Waals surface area (Å²) >= 11 is 6.00. The average Bonchev–Trinajstić information content (AvgIpc) is 2.48. The summed E-state index contributed by atoms with van der Waals surface area (Å²) in [4.78, 5) is 12.4. The Balaban J connectivity index is 1.74. The topological polar surface area (TPSA) is 38.3 Å². The van der Waals surface area contributed by atoms with Gasteiger partial charge < -0.3 is 10.1 Å². The van der Waals surface area contributed by atoms with E-state index < -0.39 is 0 Å². The van der Waals surface area contributed by atoms with Gasteiger partial charge in [-0.3, -0.25) is 4.79 Å². The van der Waals surface area contributed by atoms with Crippen LogP contribution in [0.25, 0.3) is 0 Å². The molecule has 1 aliphatic rings. The third-order valence-electron chi connectivity index (χ3n) is 3.70. The molecular formula is C17H16ClNO2. The predicted octanol–water partition coefficient (Wildman–Crippen LogP) is 3.84. The lowest BCUT2D eigenvalue weighted by Gasteiger charge is -2.25. The van der Waals surface area contributed by atoms with Gasteiger partial charge in [-0.1, -0.05) is 29.8 Å². The molecule has 1 N–H and O–H groups in total. The molecule has 0 saturated carbocycles. The molecule has 0 aromatic heterocycles. The summed E-state index contributed by atoms with van der Waals surface area (Å²) in [5, 5.41) is 3.64. The molecule has 1 atom stereocenters. The fourth-order valence-corrected chi connectivity index (χ4v) is 2.67. The number of ether oxygens (including phenoxy) is 1. The van der Waals surface area contributed by atoms with Crippen LogP contribution in [0.15, 0.2) is 42.5 Å². The number of para-hydroxylation sites is 1. The van der Waals surface area contributed by atoms with E-state index >= 15 is 0 Å². The van der Waals surface area contributed by atoms with Gasteiger partial charge in [0.1, 0.15) is 12.4 Å². The second kappa shape index (κ2) is 5.78. The number of rotatable bonds is 2. The lowest BCUT2D eigenvalue weighted by Crippen LogP contribution is -2.32. The third-order valence-corrected chi connectivity index (χ3v) is 3.94. The van der Waals surface area contributed by atoms with Crippen LogP contribution in [-0.4, -0.2) is 12.5 Å². The van der Waals surface area contributed by atoms with E-state index in [1.54, 1.807) is 6.07 Å². The Hall–Kier alpha value is -2.00. The van der Waals surface area contributed by atoms with Crippen molar-refractivity contribution < 1.29 is 9.53 Å². The number of aryl methyl sites for hydroxylation is 1. The molecule has 1 unspecified atom stereocenters. The molecule has 1 heterocycles. The first-order valence-electron chi connectivity index (χ1n) is 6.91. The van der Waals surface area contributed by atoms with E-state index in [2.05, 4.69) is 5.32 Å². The summed E-state index contributed by atoms with van der Waals surface area (Å²) in [5.74, 6) is 0.602. The Kier molecular flexibility index (Phi) is 3.84. The minimum absolute atomic E-state index is 0.0186. The van der Waals surface area contributed by atoms with E-state index in [1.165, 1.54) is 0 Å². The molecular weight excluding hydrogens is 286 g/mol. The number of carbonyl (C=O) groups is 1. The van der Waals surface area contributed by atoms with Crippen molar-refractivity contribution in [3.8, 4) is 5.75 Å². The predicted molar refractivity (Wildman–Crippen MR) is 83.9 cm³/mol. The van der Waals surface area contributed by atoms with Gasteiger partial charge in [-0.05, 0) is 48.7 Å². The maximum atomic E-state index is 12.4. The van der Waals surface area contributed by atoms with Crippen LogP contribution in [0.4, 0.5) is 5.69 Å². The molecule has 21 heavy (non-hydrogen) atoms. The lowest BCUT2D eigenvalue weighted by atomic mass is 9.96. The van der Waals surface area contributed by atoms with Crippen LogP contribution in [0.1, 0.15) is 11.1 Å². The van der Waals surface area contributed by atoms with Crippen LogP contribution in [0, 0.1) is 12.8 Å². The molecule has 0 saturated heterocycles. The van der Waals surface area contributed by atoms with Gasteiger partial charge in [0, 0.05) is 10.7 Å². The first kappa shape index (κ1) is 14.0. The van der Waals surface area contributed by atoms with Crippen molar-refractivity contribution in [2.45, 2.75) is 13.3 Å². The smallest absolute Gasteiger partial charge is 0.231 e. The highest BCUT2D eigenvalue weighted by atomic mass is 35.5. The van der Waals surface area contributed by atoms with Crippen LogP contribution >= 0.6 is 11.6 Å². The Morgan fingerprint density at radius 3 is 2.90 bits per heavy atom. The van der Waals surface area contributed by atoms with Crippen molar-refractivity contribution in [3.05, 3.63) is 58.6 Å². The van der Waals surface area contributed by atoms with E-state index in [0.717, 1.165) is 22.6 Å². The zero-order chi connectivity index (χ0) is 14.8. The van der Waals surface area contributed by atoms with Gasteiger partial charge in [0.2, 0.25) is 5.91 Å². The van der Waals surface area contributed by atoms with E-state index in [1.807, 2.05) is 43.3 Å². The van der Waals surface area contributed by atoms with Gasteiger partial charge in [-0.25, -0.2) is 0 Å². The zero-order valence-corrected chi connectivity index (χ0v) is 12.5. The quantitative estimate of drug-likeness (QED) is 0.915. The number of halogens is 1. The highest BCUT2D eigenvalue weighted by Gasteiger charge is 2.26. The second-order valence-corrected chi connectivity index (χ2v) is 5.70. The number of amides is 1. The zero-order valence-electron chi connectivity index (χ0n) is 11.7. The first-order valence-corrected chi connectivity index (χ1v) is 7.29. The Morgan fingerprint density at radius 2 is 2.10 bits per heavy atom. The van der Waals surface area contributed by atoms with Crippen LogP contribution < -0.4 is 10.1 Å². The summed E-state index contributed by atoms with van der Waals surface area (Å²) in [6.45, 7) is 2.37. The molecule has 0 radical (unpaired) electrons. The van der Waals surface area contributed by atoms with E-state index in [9.17, 15) is 4.79 Å². The fourth-order valence-electron chi connectivity index (χ4n) is 2.48. The molecule has 0 aliphatic carbocycles. The number of hydrogen-bond donors (Lipinski definition) is 1. The van der Waals surface area contributed by atoms with Crippen molar-refractivity contribution >= 4 is 23.2 Å². The standard InChI is InChI=1S/C17H16ClNO2/c1-11-4-2-3-5-15(11)19-17(20)13-8-12-9-14(18)6-7-16(12)21-10-13/h2-7,9,13H,8,10H2,1H3,(H,19,20). The van der Waals surface area contributed by atoms with Gasteiger partial charge in [0.05, 0.1) is 5.92 Å². The van der Waals surface area contributed by atoms with Gasteiger partial charge in [0.25, 0.3) is 0 Å². The largest absolute Gasteiger partial charge is 0.492 e. The number of hydrogen-bond acceptors (Lipinski definition) is 2. The van der Waals surface area contributed by atoms with Gasteiger partial charge in [0.15, 0.2) is 0 Å². The van der Waals surface area contributed by atoms with Crippen LogP contribution in [0.5, 0.6) is 5.75 Å². The monoisotopic (exact) mass is 301 g/mol. The molecule has 4 heteroatoms. The summed E-state index contributed by atoms with van der Waals surface area (Å²) in [7, 11) is 0. The molecule has 3 nitrogen and oxygen atoms in total. The Morgan fingerprint density at radius 1 is 1.29 bits per heavy atom. The maximum Gasteiger partial charge on any atom is 0.231 e. The van der Waals surface area contributed by atoms with Crippen molar-refractivity contribution in [1.82, 2.24) is 0 Å². The lowest BCUT2D eigenvalue weighted by molar-refractivity contribution is -0.121. The molecule has 0 bridgehead atoms.